The Labute approximate surface area is 121 Å². The van der Waals surface area contributed by atoms with Crippen LogP contribution in [0.2, 0.25) is 0 Å². The van der Waals surface area contributed by atoms with Crippen LogP contribution in [0.1, 0.15) is 0 Å². The van der Waals surface area contributed by atoms with E-state index < -0.39 is 18.0 Å². The molecule has 0 aliphatic carbocycles. The molecule has 0 spiro atoms. The maximum atomic E-state index is 11.8. The predicted octanol–water partition coefficient (Wildman–Crippen LogP) is 2.34. The van der Waals surface area contributed by atoms with Crippen LogP contribution in [0, 0.1) is 0 Å². The fraction of sp³-hybridized carbons (Fsp3) is 0.143. The van der Waals surface area contributed by atoms with E-state index in [0.29, 0.717) is 5.69 Å². The van der Waals surface area contributed by atoms with Crippen LogP contribution in [0.5, 0.6) is 0 Å². The number of carboxylic acids is 1. The molecule has 0 bridgehead atoms. The molecule has 5 nitrogen and oxygen atoms in total. The van der Waals surface area contributed by atoms with Crippen molar-refractivity contribution in [2.24, 2.45) is 0 Å². The van der Waals surface area contributed by atoms with Crippen LogP contribution in [0.25, 0.3) is 10.8 Å². The molecule has 0 aliphatic heterocycles. The maximum absolute atomic E-state index is 11.8. The van der Waals surface area contributed by atoms with Gasteiger partial charge in [0.2, 0.25) is 0 Å². The fourth-order valence-electron chi connectivity index (χ4n) is 1.84. The Morgan fingerprint density at radius 3 is 2.55 bits per heavy atom. The first kappa shape index (κ1) is 14.2. The molecule has 0 saturated carbocycles. The van der Waals surface area contributed by atoms with E-state index in [1.165, 1.54) is 0 Å². The lowest BCUT2D eigenvalue weighted by Crippen LogP contribution is -2.44. The third-order valence-electron chi connectivity index (χ3n) is 2.82. The molecule has 0 fully saturated rings. The van der Waals surface area contributed by atoms with Crippen LogP contribution < -0.4 is 10.6 Å². The van der Waals surface area contributed by atoms with Crippen molar-refractivity contribution in [3.05, 3.63) is 42.5 Å². The van der Waals surface area contributed by atoms with E-state index in [2.05, 4.69) is 23.3 Å². The topological polar surface area (TPSA) is 78.4 Å². The van der Waals surface area contributed by atoms with Gasteiger partial charge in [0.1, 0.15) is 6.04 Å². The summed E-state index contributed by atoms with van der Waals surface area (Å²) in [6.45, 7) is 0. The zero-order valence-electron chi connectivity index (χ0n) is 10.5. The number of carboxylic acid groups (broad SMARTS) is 1. The van der Waals surface area contributed by atoms with Crippen molar-refractivity contribution in [1.82, 2.24) is 5.32 Å². The Hall–Kier alpha value is -2.21. The molecule has 0 saturated heterocycles. The highest BCUT2D eigenvalue weighted by Gasteiger charge is 2.18. The van der Waals surface area contributed by atoms with Crippen molar-refractivity contribution in [2.45, 2.75) is 6.04 Å². The second-order valence-electron chi connectivity index (χ2n) is 4.20. The third-order valence-corrected chi connectivity index (χ3v) is 3.19. The number of rotatable bonds is 4. The van der Waals surface area contributed by atoms with E-state index in [1.54, 1.807) is 6.07 Å². The number of amides is 2. The summed E-state index contributed by atoms with van der Waals surface area (Å²) in [5.74, 6) is -1.09. The highest BCUT2D eigenvalue weighted by Crippen LogP contribution is 2.22. The van der Waals surface area contributed by atoms with Gasteiger partial charge in [0.25, 0.3) is 0 Å². The molecule has 0 aliphatic rings. The summed E-state index contributed by atoms with van der Waals surface area (Å²) in [5, 5.41) is 15.8. The Bertz CT molecular complexity index is 640. The van der Waals surface area contributed by atoms with Crippen molar-refractivity contribution < 1.29 is 14.7 Å². The first-order chi connectivity index (χ1) is 9.61. The van der Waals surface area contributed by atoms with E-state index in [-0.39, 0.29) is 5.75 Å². The van der Waals surface area contributed by atoms with Gasteiger partial charge < -0.3 is 15.7 Å². The van der Waals surface area contributed by atoms with E-state index in [4.69, 9.17) is 5.11 Å². The van der Waals surface area contributed by atoms with E-state index in [9.17, 15) is 9.59 Å². The lowest BCUT2D eigenvalue weighted by molar-refractivity contribution is -0.138. The van der Waals surface area contributed by atoms with Gasteiger partial charge in [0, 0.05) is 11.1 Å². The van der Waals surface area contributed by atoms with Crippen molar-refractivity contribution in [1.29, 1.82) is 0 Å². The van der Waals surface area contributed by atoms with Gasteiger partial charge in [0.15, 0.2) is 0 Å². The number of urea groups is 1. The number of carbonyl (C=O) groups is 2. The molecule has 1 unspecified atom stereocenters. The number of nitrogens with one attached hydrogen (secondary N) is 2. The van der Waals surface area contributed by atoms with Crippen LogP contribution >= 0.6 is 12.6 Å². The number of hydrogen-bond acceptors (Lipinski definition) is 3. The molecule has 104 valence electrons. The zero-order valence-corrected chi connectivity index (χ0v) is 11.4. The minimum absolute atomic E-state index is 0.0261. The number of hydrogen-bond donors (Lipinski definition) is 4. The molecule has 2 aromatic rings. The van der Waals surface area contributed by atoms with Gasteiger partial charge in [-0.15, -0.1) is 0 Å². The molecule has 0 radical (unpaired) electrons. The normalized spacial score (nSPS) is 11.8. The Balaban J connectivity index is 2.16. The predicted molar refractivity (Wildman–Crippen MR) is 81.4 cm³/mol. The fourth-order valence-corrected chi connectivity index (χ4v) is 2.08. The van der Waals surface area contributed by atoms with Crippen LogP contribution in [-0.4, -0.2) is 28.9 Å². The van der Waals surface area contributed by atoms with Crippen molar-refractivity contribution in [2.75, 3.05) is 11.1 Å². The third kappa shape index (κ3) is 3.21. The van der Waals surface area contributed by atoms with Crippen LogP contribution in [0.3, 0.4) is 0 Å². The summed E-state index contributed by atoms with van der Waals surface area (Å²) in [7, 11) is 0. The van der Waals surface area contributed by atoms with Crippen LogP contribution in [0.15, 0.2) is 42.5 Å². The molecule has 2 aromatic carbocycles. The monoisotopic (exact) mass is 290 g/mol. The van der Waals surface area contributed by atoms with Gasteiger partial charge in [-0.1, -0.05) is 36.4 Å². The molecular weight excluding hydrogens is 276 g/mol. The second-order valence-corrected chi connectivity index (χ2v) is 4.56. The maximum Gasteiger partial charge on any atom is 0.327 e. The number of anilines is 1. The Morgan fingerprint density at radius 1 is 1.15 bits per heavy atom. The van der Waals surface area contributed by atoms with Gasteiger partial charge in [-0.05, 0) is 11.5 Å². The number of aliphatic carboxylic acids is 1. The van der Waals surface area contributed by atoms with Crippen molar-refractivity contribution >= 4 is 41.1 Å². The van der Waals surface area contributed by atoms with Crippen molar-refractivity contribution in [3.8, 4) is 0 Å². The van der Waals surface area contributed by atoms with E-state index in [0.717, 1.165) is 10.8 Å². The minimum atomic E-state index is -1.12. The summed E-state index contributed by atoms with van der Waals surface area (Å²) < 4.78 is 0. The first-order valence-corrected chi connectivity index (χ1v) is 6.64. The van der Waals surface area contributed by atoms with Gasteiger partial charge in [-0.2, -0.15) is 12.6 Å². The summed E-state index contributed by atoms with van der Waals surface area (Å²) >= 11 is 3.89. The number of carbonyl (C=O) groups excluding carboxylic acids is 1. The smallest absolute Gasteiger partial charge is 0.327 e. The second kappa shape index (κ2) is 6.29. The molecule has 3 N–H and O–H groups in total. The summed E-state index contributed by atoms with van der Waals surface area (Å²) in [6.07, 6.45) is 0. The van der Waals surface area contributed by atoms with Gasteiger partial charge in [-0.25, -0.2) is 9.59 Å². The highest BCUT2D eigenvalue weighted by molar-refractivity contribution is 7.80. The summed E-state index contributed by atoms with van der Waals surface area (Å²) in [4.78, 5) is 22.6. The molecule has 20 heavy (non-hydrogen) atoms. The minimum Gasteiger partial charge on any atom is -0.480 e. The van der Waals surface area contributed by atoms with Crippen LogP contribution in [-0.2, 0) is 4.79 Å². The lowest BCUT2D eigenvalue weighted by Gasteiger charge is -2.14. The number of thiol groups is 1. The SMILES string of the molecule is O=C(Nc1cccc2ccccc12)NC(CS)C(=O)O. The number of fused-ring (bicyclic) bond motifs is 1. The average Bonchev–Trinajstić information content (AvgIpc) is 2.45. The molecule has 2 amide bonds. The average molecular weight is 290 g/mol. The molecular formula is C14H14N2O3S. The van der Waals surface area contributed by atoms with Gasteiger partial charge in [0.05, 0.1) is 5.69 Å². The number of benzene rings is 2. The van der Waals surface area contributed by atoms with E-state index >= 15 is 0 Å². The molecule has 1 atom stereocenters. The summed E-state index contributed by atoms with van der Waals surface area (Å²) in [5.41, 5.74) is 0.629. The standard InChI is InChI=1S/C14H14N2O3S/c17-13(18)12(8-20)16-14(19)15-11-7-3-5-9-4-1-2-6-10(9)11/h1-7,12,20H,8H2,(H,17,18)(H2,15,16,19). The largest absolute Gasteiger partial charge is 0.480 e. The van der Waals surface area contributed by atoms with Gasteiger partial charge in [-0.3, -0.25) is 0 Å². The van der Waals surface area contributed by atoms with Crippen LogP contribution in [0.4, 0.5) is 10.5 Å². The molecule has 0 aromatic heterocycles. The Kier molecular flexibility index (Phi) is 4.47. The molecule has 2 rings (SSSR count). The zero-order chi connectivity index (χ0) is 14.5. The first-order valence-electron chi connectivity index (χ1n) is 6.01. The lowest BCUT2D eigenvalue weighted by atomic mass is 10.1. The van der Waals surface area contributed by atoms with Crippen molar-refractivity contribution in [3.63, 3.8) is 0 Å². The highest BCUT2D eigenvalue weighted by atomic mass is 32.1. The van der Waals surface area contributed by atoms with Gasteiger partial charge >= 0.3 is 12.0 Å². The summed E-state index contributed by atoms with van der Waals surface area (Å²) in [6, 6.07) is 11.5. The molecule has 0 heterocycles. The molecule has 6 heteroatoms. The Morgan fingerprint density at radius 2 is 1.85 bits per heavy atom. The van der Waals surface area contributed by atoms with E-state index in [1.807, 2.05) is 36.4 Å². The quantitative estimate of drug-likeness (QED) is 0.653.